The quantitative estimate of drug-likeness (QED) is 0.391. The molecular weight excluding hydrogens is 546 g/mol. The molecule has 0 bridgehead atoms. The predicted molar refractivity (Wildman–Crippen MR) is 128 cm³/mol. The third kappa shape index (κ3) is 5.45. The van der Waals surface area contributed by atoms with Crippen LogP contribution in [-0.2, 0) is 13.1 Å². The molecule has 1 saturated carbocycles. The van der Waals surface area contributed by atoms with E-state index in [1.165, 1.54) is 29.1 Å². The van der Waals surface area contributed by atoms with E-state index in [4.69, 9.17) is 4.42 Å². The van der Waals surface area contributed by atoms with Gasteiger partial charge in [-0.25, -0.2) is 22.9 Å². The van der Waals surface area contributed by atoms with E-state index < -0.39 is 73.8 Å². The number of nitrogens with one attached hydrogen (secondary N) is 2. The zero-order valence-electron chi connectivity index (χ0n) is 21.3. The molecule has 2 N–H and O–H groups in total. The second-order valence-electron chi connectivity index (χ2n) is 10.0. The normalized spacial score (nSPS) is 20.6. The molecule has 3 amide bonds. The Hall–Kier alpha value is -3.78. The fourth-order valence-corrected chi connectivity index (χ4v) is 5.16. The highest BCUT2D eigenvalue weighted by molar-refractivity contribution is 5.92. The minimum atomic E-state index is -4.65. The van der Waals surface area contributed by atoms with Crippen molar-refractivity contribution >= 4 is 23.0 Å². The molecule has 216 valence electrons. The molecule has 2 atom stereocenters. The van der Waals surface area contributed by atoms with Crippen LogP contribution in [0.25, 0.3) is 11.1 Å². The fourth-order valence-electron chi connectivity index (χ4n) is 5.16. The van der Waals surface area contributed by atoms with Crippen molar-refractivity contribution in [3.8, 4) is 0 Å². The standard InChI is InChI=1S/C25H26F6N6O3/c1-2-37-15(7-10-32-37)21(38)34-19(13-5-8-24(27,28)9-6-13)22-35-20-16(40-22)4-3-14(18(20)26)11-36-12-17(25(29,30)31)33-23(36)39/h3-4,7,10,13,17,19H,2,5-6,8-9,11-12H2,1H3,(H,33,39)(H,34,38)/t17-,19-/m0/s1. The Morgan fingerprint density at radius 1 is 1.25 bits per heavy atom. The first-order valence-corrected chi connectivity index (χ1v) is 12.8. The summed E-state index contributed by atoms with van der Waals surface area (Å²) in [6.07, 6.45) is -3.88. The number of hydrogen-bond acceptors (Lipinski definition) is 5. The Labute approximate surface area is 223 Å². The van der Waals surface area contributed by atoms with Crippen molar-refractivity contribution in [2.24, 2.45) is 5.92 Å². The first kappa shape index (κ1) is 27.8. The molecule has 2 fully saturated rings. The summed E-state index contributed by atoms with van der Waals surface area (Å²) in [7, 11) is 0. The van der Waals surface area contributed by atoms with Crippen LogP contribution < -0.4 is 10.6 Å². The number of amides is 3. The van der Waals surface area contributed by atoms with Gasteiger partial charge in [-0.1, -0.05) is 6.07 Å². The molecule has 0 radical (unpaired) electrons. The van der Waals surface area contributed by atoms with Gasteiger partial charge in [-0.2, -0.15) is 18.3 Å². The van der Waals surface area contributed by atoms with Gasteiger partial charge in [-0.15, -0.1) is 0 Å². The lowest BCUT2D eigenvalue weighted by atomic mass is 9.82. The molecule has 1 aromatic carbocycles. The van der Waals surface area contributed by atoms with Gasteiger partial charge in [0.05, 0.1) is 13.1 Å². The minimum Gasteiger partial charge on any atom is -0.438 e. The number of alkyl halides is 5. The Morgan fingerprint density at radius 3 is 2.62 bits per heavy atom. The third-order valence-corrected chi connectivity index (χ3v) is 7.37. The fraction of sp³-hybridized carbons (Fsp3) is 0.520. The highest BCUT2D eigenvalue weighted by atomic mass is 19.4. The lowest BCUT2D eigenvalue weighted by Crippen LogP contribution is -2.40. The smallest absolute Gasteiger partial charge is 0.410 e. The first-order chi connectivity index (χ1) is 18.9. The van der Waals surface area contributed by atoms with Crippen LogP contribution in [0, 0.1) is 11.7 Å². The molecule has 5 rings (SSSR count). The zero-order valence-corrected chi connectivity index (χ0v) is 21.3. The summed E-state index contributed by atoms with van der Waals surface area (Å²) in [5.74, 6) is -4.84. The summed E-state index contributed by atoms with van der Waals surface area (Å²) in [6, 6.07) is 0.124. The molecule has 2 aromatic heterocycles. The molecule has 1 saturated heterocycles. The summed E-state index contributed by atoms with van der Waals surface area (Å²) in [5, 5.41) is 8.68. The number of oxazole rings is 1. The van der Waals surface area contributed by atoms with Gasteiger partial charge in [0.1, 0.15) is 23.3 Å². The summed E-state index contributed by atoms with van der Waals surface area (Å²) in [5.41, 5.74) is -0.109. The van der Waals surface area contributed by atoms with Crippen LogP contribution in [0.5, 0.6) is 0 Å². The maximum atomic E-state index is 15.5. The lowest BCUT2D eigenvalue weighted by Gasteiger charge is -2.32. The average Bonchev–Trinajstić information content (AvgIpc) is 3.63. The second kappa shape index (κ2) is 10.3. The molecule has 2 aliphatic rings. The molecule has 0 unspecified atom stereocenters. The van der Waals surface area contributed by atoms with E-state index in [2.05, 4.69) is 15.4 Å². The van der Waals surface area contributed by atoms with Crippen molar-refractivity contribution < 1.29 is 40.3 Å². The summed E-state index contributed by atoms with van der Waals surface area (Å²) < 4.78 is 89.6. The molecule has 0 spiro atoms. The van der Waals surface area contributed by atoms with Crippen molar-refractivity contribution in [2.45, 2.75) is 69.9 Å². The van der Waals surface area contributed by atoms with E-state index in [-0.39, 0.29) is 41.1 Å². The van der Waals surface area contributed by atoms with Crippen LogP contribution in [0.15, 0.2) is 28.8 Å². The Morgan fingerprint density at radius 2 is 1.98 bits per heavy atom. The molecule has 1 aliphatic heterocycles. The highest BCUT2D eigenvalue weighted by Gasteiger charge is 2.47. The molecule has 9 nitrogen and oxygen atoms in total. The number of carbonyl (C=O) groups excluding carboxylic acids is 2. The number of halogens is 6. The van der Waals surface area contributed by atoms with Gasteiger partial charge in [0.15, 0.2) is 11.4 Å². The molecule has 3 heterocycles. The van der Waals surface area contributed by atoms with E-state index in [1.807, 2.05) is 5.32 Å². The number of fused-ring (bicyclic) bond motifs is 1. The van der Waals surface area contributed by atoms with E-state index in [0.717, 1.165) is 4.90 Å². The van der Waals surface area contributed by atoms with Gasteiger partial charge in [0.25, 0.3) is 5.91 Å². The number of urea groups is 1. The number of carbonyl (C=O) groups is 2. The van der Waals surface area contributed by atoms with Crippen molar-refractivity contribution in [3.63, 3.8) is 0 Å². The largest absolute Gasteiger partial charge is 0.438 e. The van der Waals surface area contributed by atoms with Gasteiger partial charge < -0.3 is 20.0 Å². The molecule has 3 aromatic rings. The monoisotopic (exact) mass is 572 g/mol. The summed E-state index contributed by atoms with van der Waals surface area (Å²) in [4.78, 5) is 30.2. The topological polar surface area (TPSA) is 105 Å². The average molecular weight is 573 g/mol. The van der Waals surface area contributed by atoms with Gasteiger partial charge in [-0.3, -0.25) is 9.48 Å². The second-order valence-corrected chi connectivity index (χ2v) is 10.0. The van der Waals surface area contributed by atoms with Crippen molar-refractivity contribution in [1.82, 2.24) is 30.3 Å². The van der Waals surface area contributed by atoms with Crippen LogP contribution in [0.1, 0.15) is 60.6 Å². The first-order valence-electron chi connectivity index (χ1n) is 12.8. The minimum absolute atomic E-state index is 0.00530. The van der Waals surface area contributed by atoms with E-state index >= 15 is 4.39 Å². The number of nitrogens with zero attached hydrogens (tertiary/aromatic N) is 4. The van der Waals surface area contributed by atoms with Gasteiger partial charge in [0.2, 0.25) is 11.8 Å². The van der Waals surface area contributed by atoms with Crippen LogP contribution in [0.3, 0.4) is 0 Å². The summed E-state index contributed by atoms with van der Waals surface area (Å²) in [6.45, 7) is 1.08. The number of aromatic nitrogens is 3. The Balaban J connectivity index is 1.43. The van der Waals surface area contributed by atoms with Crippen LogP contribution in [0.4, 0.5) is 31.1 Å². The number of aryl methyl sites for hydroxylation is 1. The van der Waals surface area contributed by atoms with Crippen LogP contribution >= 0.6 is 0 Å². The lowest BCUT2D eigenvalue weighted by molar-refractivity contribution is -0.149. The Bertz CT molecular complexity index is 1410. The Kier molecular flexibility index (Phi) is 7.17. The van der Waals surface area contributed by atoms with Crippen LogP contribution in [-0.4, -0.2) is 56.3 Å². The molecular formula is C25H26F6N6O3. The van der Waals surface area contributed by atoms with Gasteiger partial charge in [-0.05, 0) is 37.8 Å². The van der Waals surface area contributed by atoms with E-state index in [1.54, 1.807) is 6.92 Å². The third-order valence-electron chi connectivity index (χ3n) is 7.37. The number of benzene rings is 1. The SMILES string of the molecule is CCn1nccc1C(=O)N[C@H](c1nc2c(F)c(CN3C[C@@H](C(F)(F)F)NC3=O)ccc2o1)C1CCC(F)(F)CC1. The van der Waals surface area contributed by atoms with Crippen molar-refractivity contribution in [2.75, 3.05) is 6.54 Å². The van der Waals surface area contributed by atoms with Gasteiger partial charge >= 0.3 is 12.2 Å². The van der Waals surface area contributed by atoms with Crippen LogP contribution in [0.2, 0.25) is 0 Å². The molecule has 40 heavy (non-hydrogen) atoms. The predicted octanol–water partition coefficient (Wildman–Crippen LogP) is 4.94. The molecule has 15 heteroatoms. The number of hydrogen-bond donors (Lipinski definition) is 2. The maximum Gasteiger partial charge on any atom is 0.410 e. The summed E-state index contributed by atoms with van der Waals surface area (Å²) >= 11 is 0. The zero-order chi connectivity index (χ0) is 28.8. The van der Waals surface area contributed by atoms with Gasteiger partial charge in [0, 0.05) is 31.1 Å². The van der Waals surface area contributed by atoms with Crippen molar-refractivity contribution in [3.05, 3.63) is 47.4 Å². The van der Waals surface area contributed by atoms with Crippen molar-refractivity contribution in [1.29, 1.82) is 0 Å². The van der Waals surface area contributed by atoms with E-state index in [0.29, 0.717) is 6.54 Å². The molecule has 1 aliphatic carbocycles. The maximum absolute atomic E-state index is 15.5. The number of rotatable bonds is 7. The highest BCUT2D eigenvalue weighted by Crippen LogP contribution is 2.42. The van der Waals surface area contributed by atoms with E-state index in [9.17, 15) is 31.5 Å².